The predicted octanol–water partition coefficient (Wildman–Crippen LogP) is 1.68. The summed E-state index contributed by atoms with van der Waals surface area (Å²) in [6.45, 7) is 11.2. The Labute approximate surface area is 112 Å². The zero-order chi connectivity index (χ0) is 13.8. The van der Waals surface area contributed by atoms with Crippen molar-refractivity contribution in [2.75, 3.05) is 31.9 Å². The minimum atomic E-state index is -3.12. The highest BCUT2D eigenvalue weighted by Crippen LogP contribution is 2.21. The van der Waals surface area contributed by atoms with Crippen LogP contribution in [0, 0.1) is 11.3 Å². The van der Waals surface area contributed by atoms with E-state index in [4.69, 9.17) is 0 Å². The summed E-state index contributed by atoms with van der Waals surface area (Å²) in [6, 6.07) is 0. The molecular weight excluding hydrogens is 248 g/mol. The van der Waals surface area contributed by atoms with Crippen LogP contribution in [0.2, 0.25) is 0 Å². The van der Waals surface area contributed by atoms with Crippen molar-refractivity contribution in [1.29, 1.82) is 0 Å². The van der Waals surface area contributed by atoms with E-state index in [1.165, 1.54) is 0 Å². The van der Waals surface area contributed by atoms with E-state index in [9.17, 15) is 8.42 Å². The average Bonchev–Trinajstić information content (AvgIpc) is 2.23. The summed E-state index contributed by atoms with van der Waals surface area (Å²) in [5, 5.41) is 3.31. The first kappa shape index (κ1) is 15.9. The second-order valence-electron chi connectivity index (χ2n) is 6.46. The first-order valence-corrected chi connectivity index (χ1v) is 8.54. The molecule has 1 N–H and O–H groups in total. The second-order valence-corrected chi connectivity index (χ2v) is 8.43. The molecule has 108 valence electrons. The Kier molecular flexibility index (Phi) is 5.62. The number of hydrogen-bond acceptors (Lipinski definition) is 3. The van der Waals surface area contributed by atoms with Crippen molar-refractivity contribution >= 4 is 10.0 Å². The van der Waals surface area contributed by atoms with E-state index in [1.807, 2.05) is 27.7 Å². The van der Waals surface area contributed by atoms with E-state index < -0.39 is 10.0 Å². The van der Waals surface area contributed by atoms with Crippen LogP contribution < -0.4 is 5.32 Å². The predicted molar refractivity (Wildman–Crippen MR) is 76.1 cm³/mol. The third kappa shape index (κ3) is 5.24. The molecule has 1 saturated heterocycles. The molecule has 0 amide bonds. The summed E-state index contributed by atoms with van der Waals surface area (Å²) in [5.74, 6) is 0.750. The van der Waals surface area contributed by atoms with Gasteiger partial charge in [-0.05, 0) is 37.3 Å². The van der Waals surface area contributed by atoms with Crippen molar-refractivity contribution in [1.82, 2.24) is 9.62 Å². The molecule has 1 rings (SSSR count). The number of hydrogen-bond donors (Lipinski definition) is 1. The van der Waals surface area contributed by atoms with Crippen LogP contribution in [0.1, 0.15) is 40.5 Å². The van der Waals surface area contributed by atoms with Crippen molar-refractivity contribution in [2.24, 2.45) is 11.3 Å². The average molecular weight is 276 g/mol. The van der Waals surface area contributed by atoms with Gasteiger partial charge in [-0.1, -0.05) is 27.7 Å². The zero-order valence-corrected chi connectivity index (χ0v) is 13.0. The number of piperidine rings is 1. The largest absolute Gasteiger partial charge is 0.317 e. The number of rotatable bonds is 5. The Morgan fingerprint density at radius 3 is 2.22 bits per heavy atom. The summed E-state index contributed by atoms with van der Waals surface area (Å²) in [7, 11) is -3.12. The maximum atomic E-state index is 12.4. The molecule has 1 heterocycles. The Morgan fingerprint density at radius 1 is 1.22 bits per heavy atom. The molecule has 0 bridgehead atoms. The van der Waals surface area contributed by atoms with Crippen LogP contribution in [0.3, 0.4) is 0 Å². The number of nitrogens with zero attached hydrogens (tertiary/aromatic N) is 1. The van der Waals surface area contributed by atoms with E-state index >= 15 is 0 Å². The van der Waals surface area contributed by atoms with E-state index in [0.29, 0.717) is 19.0 Å². The molecule has 0 spiro atoms. The van der Waals surface area contributed by atoms with Crippen LogP contribution in [-0.2, 0) is 10.0 Å². The Morgan fingerprint density at radius 2 is 1.78 bits per heavy atom. The molecule has 0 unspecified atom stereocenters. The van der Waals surface area contributed by atoms with Crippen LogP contribution in [-0.4, -0.2) is 44.7 Å². The molecule has 0 aliphatic carbocycles. The van der Waals surface area contributed by atoms with Crippen molar-refractivity contribution in [3.63, 3.8) is 0 Å². The maximum Gasteiger partial charge on any atom is 0.214 e. The lowest BCUT2D eigenvalue weighted by Gasteiger charge is -2.30. The van der Waals surface area contributed by atoms with Crippen LogP contribution in [0.15, 0.2) is 0 Å². The van der Waals surface area contributed by atoms with Crippen LogP contribution in [0.5, 0.6) is 0 Å². The highest BCUT2D eigenvalue weighted by Gasteiger charge is 2.29. The van der Waals surface area contributed by atoms with Gasteiger partial charge in [-0.25, -0.2) is 12.7 Å². The van der Waals surface area contributed by atoms with Gasteiger partial charge in [-0.2, -0.15) is 0 Å². The first-order valence-electron chi connectivity index (χ1n) is 6.93. The van der Waals surface area contributed by atoms with Gasteiger partial charge in [0.2, 0.25) is 10.0 Å². The second kappa shape index (κ2) is 6.35. The van der Waals surface area contributed by atoms with Crippen molar-refractivity contribution in [3.8, 4) is 0 Å². The van der Waals surface area contributed by atoms with Gasteiger partial charge in [0, 0.05) is 13.1 Å². The molecule has 1 aliphatic rings. The van der Waals surface area contributed by atoms with Gasteiger partial charge in [-0.3, -0.25) is 0 Å². The van der Waals surface area contributed by atoms with Crippen LogP contribution in [0.4, 0.5) is 0 Å². The summed E-state index contributed by atoms with van der Waals surface area (Å²) >= 11 is 0. The smallest absolute Gasteiger partial charge is 0.214 e. The molecule has 1 fully saturated rings. The van der Waals surface area contributed by atoms with E-state index in [-0.39, 0.29) is 11.2 Å². The highest BCUT2D eigenvalue weighted by atomic mass is 32.2. The Hall–Kier alpha value is -0.130. The highest BCUT2D eigenvalue weighted by molar-refractivity contribution is 7.89. The molecule has 0 radical (unpaired) electrons. The van der Waals surface area contributed by atoms with E-state index in [1.54, 1.807) is 4.31 Å². The topological polar surface area (TPSA) is 49.4 Å². The Bertz CT molecular complexity index is 340. The molecule has 4 nitrogen and oxygen atoms in total. The molecular formula is C13H28N2O2S. The Balaban J connectivity index is 2.64. The quantitative estimate of drug-likeness (QED) is 0.831. The van der Waals surface area contributed by atoms with Crippen molar-refractivity contribution < 1.29 is 8.42 Å². The van der Waals surface area contributed by atoms with Crippen molar-refractivity contribution in [2.45, 2.75) is 40.5 Å². The molecule has 1 aliphatic heterocycles. The fourth-order valence-corrected chi connectivity index (χ4v) is 4.54. The fourth-order valence-electron chi connectivity index (χ4n) is 2.43. The molecule has 18 heavy (non-hydrogen) atoms. The summed E-state index contributed by atoms with van der Waals surface area (Å²) in [4.78, 5) is 0. The summed E-state index contributed by atoms with van der Waals surface area (Å²) in [6.07, 6.45) is 2.17. The molecule has 5 heteroatoms. The van der Waals surface area contributed by atoms with Gasteiger partial charge in [0.25, 0.3) is 0 Å². The molecule has 0 aromatic carbocycles. The third-order valence-electron chi connectivity index (χ3n) is 3.28. The molecule has 0 aromatic rings. The number of sulfonamides is 1. The molecule has 0 aromatic heterocycles. The lowest BCUT2D eigenvalue weighted by molar-refractivity contribution is 0.291. The van der Waals surface area contributed by atoms with Gasteiger partial charge in [-0.15, -0.1) is 0 Å². The summed E-state index contributed by atoms with van der Waals surface area (Å²) in [5.41, 5.74) is -0.180. The van der Waals surface area contributed by atoms with E-state index in [2.05, 4.69) is 5.32 Å². The van der Waals surface area contributed by atoms with Gasteiger partial charge in [0.15, 0.2) is 0 Å². The molecule has 0 saturated carbocycles. The SMILES string of the molecule is CCN(CC1CCNCC1)S(=O)(=O)CC(C)(C)C. The maximum absolute atomic E-state index is 12.4. The van der Waals surface area contributed by atoms with Gasteiger partial charge < -0.3 is 5.32 Å². The minimum absolute atomic E-state index is 0.180. The van der Waals surface area contributed by atoms with E-state index in [0.717, 1.165) is 25.9 Å². The molecule has 0 atom stereocenters. The minimum Gasteiger partial charge on any atom is -0.317 e. The number of nitrogens with one attached hydrogen (secondary N) is 1. The lowest BCUT2D eigenvalue weighted by Crippen LogP contribution is -2.42. The first-order chi connectivity index (χ1) is 8.24. The monoisotopic (exact) mass is 276 g/mol. The standard InChI is InChI=1S/C13H28N2O2S/c1-5-15(10-12-6-8-14-9-7-12)18(16,17)11-13(2,3)4/h12,14H,5-11H2,1-4H3. The third-order valence-corrected chi connectivity index (χ3v) is 5.71. The zero-order valence-electron chi connectivity index (χ0n) is 12.2. The fraction of sp³-hybridized carbons (Fsp3) is 1.00. The lowest BCUT2D eigenvalue weighted by atomic mass is 9.98. The van der Waals surface area contributed by atoms with Crippen molar-refractivity contribution in [3.05, 3.63) is 0 Å². The van der Waals surface area contributed by atoms with Gasteiger partial charge >= 0.3 is 0 Å². The normalized spacial score (nSPS) is 19.4. The van der Waals surface area contributed by atoms with Crippen LogP contribution in [0.25, 0.3) is 0 Å². The van der Waals surface area contributed by atoms with Crippen LogP contribution >= 0.6 is 0 Å². The summed E-state index contributed by atoms with van der Waals surface area (Å²) < 4.78 is 26.4. The van der Waals surface area contributed by atoms with Gasteiger partial charge in [0.05, 0.1) is 5.75 Å². The van der Waals surface area contributed by atoms with Gasteiger partial charge in [0.1, 0.15) is 0 Å².